The fourth-order valence-electron chi connectivity index (χ4n) is 19.1. The quantitative estimate of drug-likeness (QED) is 0.103. The molecule has 0 atom stereocenters. The summed E-state index contributed by atoms with van der Waals surface area (Å²) in [6, 6.07) is 173. The number of nitrogens with zero attached hydrogens (tertiary/aromatic N) is 8. The maximum Gasteiger partial charge on any atom is 0.160 e. The molecular formula is C122H80N8. The van der Waals surface area contributed by atoms with E-state index in [1.54, 1.807) is 0 Å². The van der Waals surface area contributed by atoms with Gasteiger partial charge in [0.15, 0.2) is 11.6 Å². The van der Waals surface area contributed by atoms with Crippen LogP contribution in [0.15, 0.2) is 485 Å². The van der Waals surface area contributed by atoms with Gasteiger partial charge in [-0.05, 0) is 189 Å². The summed E-state index contributed by atoms with van der Waals surface area (Å²) in [5.74, 6) is 1.40. The first kappa shape index (κ1) is 76.2. The van der Waals surface area contributed by atoms with Gasteiger partial charge in [-0.1, -0.05) is 352 Å². The molecule has 25 rings (SSSR count). The molecule has 0 bridgehead atoms. The van der Waals surface area contributed by atoms with Gasteiger partial charge in [-0.15, -0.1) is 0 Å². The molecule has 6 aromatic heterocycles. The van der Waals surface area contributed by atoms with Gasteiger partial charge in [-0.25, -0.2) is 19.9 Å². The molecule has 0 aliphatic rings. The van der Waals surface area contributed by atoms with Crippen LogP contribution < -0.4 is 0 Å². The highest BCUT2D eigenvalue weighted by atomic mass is 15.0. The first-order valence-corrected chi connectivity index (χ1v) is 44.2. The molecule has 0 spiro atoms. The van der Waals surface area contributed by atoms with Crippen LogP contribution in [0.4, 0.5) is 0 Å². The zero-order chi connectivity index (χ0) is 86.0. The number of para-hydroxylation sites is 5. The molecular weight excluding hydrogens is 1580 g/mol. The van der Waals surface area contributed by atoms with E-state index in [0.717, 1.165) is 90.0 Å². The monoisotopic (exact) mass is 1660 g/mol. The van der Waals surface area contributed by atoms with E-state index in [4.69, 9.17) is 19.9 Å². The van der Waals surface area contributed by atoms with E-state index < -0.39 is 0 Å². The van der Waals surface area contributed by atoms with E-state index in [2.05, 4.69) is 455 Å². The van der Waals surface area contributed by atoms with Gasteiger partial charge < -0.3 is 18.3 Å². The van der Waals surface area contributed by atoms with Gasteiger partial charge in [0.2, 0.25) is 0 Å². The fraction of sp³-hybridized carbons (Fsp3) is 0. The van der Waals surface area contributed by atoms with E-state index >= 15 is 0 Å². The minimum Gasteiger partial charge on any atom is -0.309 e. The normalized spacial score (nSPS) is 11.5. The second kappa shape index (κ2) is 32.6. The number of hydrogen-bond donors (Lipinski definition) is 0. The molecule has 0 fully saturated rings. The third-order valence-electron chi connectivity index (χ3n) is 25.5. The summed E-state index contributed by atoms with van der Waals surface area (Å²) in [5, 5.41) is 9.86. The van der Waals surface area contributed by atoms with Crippen LogP contribution in [0, 0.1) is 0 Å². The van der Waals surface area contributed by atoms with Crippen molar-refractivity contribution in [2.75, 3.05) is 0 Å². The van der Waals surface area contributed by atoms with Crippen molar-refractivity contribution in [3.63, 3.8) is 0 Å². The molecule has 0 aliphatic heterocycles. The molecule has 8 heteroatoms. The van der Waals surface area contributed by atoms with Crippen molar-refractivity contribution in [1.29, 1.82) is 0 Å². The zero-order valence-electron chi connectivity index (χ0n) is 70.8. The highest BCUT2D eigenvalue weighted by Crippen LogP contribution is 2.44. The topological polar surface area (TPSA) is 71.3 Å². The molecule has 19 aromatic carbocycles. The third kappa shape index (κ3) is 13.9. The Morgan fingerprint density at radius 2 is 0.292 bits per heavy atom. The summed E-state index contributed by atoms with van der Waals surface area (Å²) in [4.78, 5) is 20.5. The Kier molecular flexibility index (Phi) is 19.1. The average Bonchev–Trinajstić information content (AvgIpc) is 1.58. The van der Waals surface area contributed by atoms with Crippen molar-refractivity contribution in [2.45, 2.75) is 0 Å². The second-order valence-electron chi connectivity index (χ2n) is 33.2. The van der Waals surface area contributed by atoms with Gasteiger partial charge in [-0.2, -0.15) is 0 Å². The molecule has 130 heavy (non-hydrogen) atoms. The van der Waals surface area contributed by atoms with Gasteiger partial charge >= 0.3 is 0 Å². The van der Waals surface area contributed by atoms with Crippen LogP contribution in [-0.4, -0.2) is 38.2 Å². The molecule has 0 unspecified atom stereocenters. The van der Waals surface area contributed by atoms with Gasteiger partial charge in [0.05, 0.1) is 66.9 Å². The van der Waals surface area contributed by atoms with Crippen LogP contribution in [-0.2, 0) is 0 Å². The van der Waals surface area contributed by atoms with E-state index in [9.17, 15) is 0 Å². The van der Waals surface area contributed by atoms with Crippen molar-refractivity contribution >= 4 is 87.2 Å². The molecule has 608 valence electrons. The Morgan fingerprint density at radius 1 is 0.115 bits per heavy atom. The van der Waals surface area contributed by atoms with Crippen LogP contribution in [0.3, 0.4) is 0 Å². The summed E-state index contributed by atoms with van der Waals surface area (Å²) < 4.78 is 9.52. The van der Waals surface area contributed by atoms with Crippen molar-refractivity contribution < 1.29 is 0 Å². The average molecular weight is 1660 g/mol. The van der Waals surface area contributed by atoms with Crippen molar-refractivity contribution in [2.24, 2.45) is 0 Å². The summed E-state index contributed by atoms with van der Waals surface area (Å²) in [5.41, 5.74) is 35.5. The van der Waals surface area contributed by atoms with E-state index in [1.165, 1.54) is 132 Å². The maximum absolute atomic E-state index is 5.23. The van der Waals surface area contributed by atoms with Crippen LogP contribution >= 0.6 is 0 Å². The standard InChI is InChI=1S/C64H42N4.C58H38N4/c1-4-14-43(15-5-1)45-24-28-47(29-25-45)58-42-59(66-64(65-58)49-30-26-46(27-31-49)44-16-6-2-7-17-44)48-32-36-53(37-33-48)68-61-23-13-11-21-55(61)57-41-51(35-39-63(57)68)50-34-38-62-56(40-50)54-20-10-12-22-60(54)67(62)52-18-8-3-9-19-52;1-4-14-39(15-5-1)40-24-30-46(31-25-40)61-54-22-12-10-20-48(54)50-36-44(28-34-56(50)61)45-29-35-57-51(37-45)49-21-11-13-23-55(49)62(57)47-32-26-42(27-33-47)53-38-52(41-16-6-2-7-17-41)59-58(60-53)43-18-8-3-9-19-43/h1-42H;1-38H. The van der Waals surface area contributed by atoms with Gasteiger partial charge in [0.1, 0.15) is 0 Å². The van der Waals surface area contributed by atoms with E-state index in [1.807, 2.05) is 48.5 Å². The lowest BCUT2D eigenvalue weighted by Gasteiger charge is -2.12. The first-order chi connectivity index (χ1) is 64.4. The van der Waals surface area contributed by atoms with Crippen LogP contribution in [0.2, 0.25) is 0 Å². The molecule has 0 saturated carbocycles. The molecule has 0 saturated heterocycles. The molecule has 0 radical (unpaired) electrons. The lowest BCUT2D eigenvalue weighted by atomic mass is 10.0. The lowest BCUT2D eigenvalue weighted by molar-refractivity contribution is 1.17. The Labute approximate surface area is 751 Å². The maximum atomic E-state index is 5.23. The second-order valence-corrected chi connectivity index (χ2v) is 33.2. The summed E-state index contributed by atoms with van der Waals surface area (Å²) in [7, 11) is 0. The Morgan fingerprint density at radius 3 is 0.585 bits per heavy atom. The number of benzene rings is 19. The fourth-order valence-corrected chi connectivity index (χ4v) is 19.1. The van der Waals surface area contributed by atoms with E-state index in [0.29, 0.717) is 11.6 Å². The van der Waals surface area contributed by atoms with Crippen LogP contribution in [0.5, 0.6) is 0 Å². The van der Waals surface area contributed by atoms with Gasteiger partial charge in [-0.3, -0.25) is 0 Å². The highest BCUT2D eigenvalue weighted by molar-refractivity contribution is 6.15. The molecule has 8 nitrogen and oxygen atoms in total. The van der Waals surface area contributed by atoms with E-state index in [-0.39, 0.29) is 0 Å². The lowest BCUT2D eigenvalue weighted by Crippen LogP contribution is -1.97. The molecule has 0 N–H and O–H groups in total. The highest BCUT2D eigenvalue weighted by Gasteiger charge is 2.22. The number of rotatable bonds is 15. The molecule has 0 amide bonds. The number of fused-ring (bicyclic) bond motifs is 12. The Balaban J connectivity index is 0.000000145. The first-order valence-electron chi connectivity index (χ1n) is 44.2. The Hall–Kier alpha value is -17.5. The smallest absolute Gasteiger partial charge is 0.160 e. The van der Waals surface area contributed by atoms with Gasteiger partial charge in [0.25, 0.3) is 0 Å². The number of aromatic nitrogens is 8. The largest absolute Gasteiger partial charge is 0.309 e. The predicted molar refractivity (Wildman–Crippen MR) is 541 cm³/mol. The summed E-state index contributed by atoms with van der Waals surface area (Å²) >= 11 is 0. The van der Waals surface area contributed by atoms with Crippen molar-refractivity contribution in [3.8, 4) is 146 Å². The van der Waals surface area contributed by atoms with Crippen LogP contribution in [0.1, 0.15) is 0 Å². The number of hydrogen-bond acceptors (Lipinski definition) is 4. The molecule has 6 heterocycles. The molecule has 25 aromatic rings. The Bertz CT molecular complexity index is 8400. The molecule has 0 aliphatic carbocycles. The minimum absolute atomic E-state index is 0.688. The van der Waals surface area contributed by atoms with Crippen LogP contribution in [0.25, 0.3) is 233 Å². The van der Waals surface area contributed by atoms with Crippen molar-refractivity contribution in [1.82, 2.24) is 38.2 Å². The SMILES string of the molecule is c1ccc(-c2ccc(-c3cc(-c4ccc(-n5c6ccccc6c6cc(-c7ccc8c(c7)c7ccccc7n8-c7ccccc7)ccc65)cc4)nc(-c4ccc(-c5ccccc5)cc4)n3)cc2)cc1.c1ccc(-c2ccc(-n3c4ccccc4c4cc(-c5ccc6c(c5)c5ccccc5n6-c5ccc(-c6cc(-c7ccccc7)nc(-c7ccccc7)n6)cc5)ccc43)cc2)cc1. The third-order valence-corrected chi connectivity index (χ3v) is 25.5. The summed E-state index contributed by atoms with van der Waals surface area (Å²) in [6.07, 6.45) is 0. The van der Waals surface area contributed by atoms with Crippen molar-refractivity contribution in [3.05, 3.63) is 485 Å². The zero-order valence-corrected chi connectivity index (χ0v) is 70.8. The minimum atomic E-state index is 0.688. The summed E-state index contributed by atoms with van der Waals surface area (Å²) in [6.45, 7) is 0. The predicted octanol–water partition coefficient (Wildman–Crippen LogP) is 31.7. The van der Waals surface area contributed by atoms with Gasteiger partial charge in [0, 0.05) is 99.2 Å².